The molecule has 0 aliphatic rings. The zero-order chi connectivity index (χ0) is 23.2. The van der Waals surface area contributed by atoms with E-state index in [1.807, 2.05) is 0 Å². The maximum absolute atomic E-state index is 13.3. The summed E-state index contributed by atoms with van der Waals surface area (Å²) in [6, 6.07) is 7.59. The van der Waals surface area contributed by atoms with Crippen molar-refractivity contribution in [3.63, 3.8) is 0 Å². The van der Waals surface area contributed by atoms with E-state index >= 15 is 0 Å². The zero-order valence-electron chi connectivity index (χ0n) is 16.8. The molecule has 0 aliphatic carbocycles. The molecule has 0 aromatic heterocycles. The van der Waals surface area contributed by atoms with E-state index < -0.39 is 33.5 Å². The van der Waals surface area contributed by atoms with Crippen LogP contribution < -0.4 is 14.8 Å². The summed E-state index contributed by atoms with van der Waals surface area (Å²) in [5, 5.41) is 2.34. The van der Waals surface area contributed by atoms with E-state index in [2.05, 4.69) is 10.0 Å². The SMILES string of the molecule is CC(C)Oc1ccc(CNC(=O)CCNS(=O)(=O)c2ccc(F)cc2)c(C(F)(F)F)c1. The fourth-order valence-electron chi connectivity index (χ4n) is 2.60. The summed E-state index contributed by atoms with van der Waals surface area (Å²) in [6.07, 6.45) is -5.23. The lowest BCUT2D eigenvalue weighted by atomic mass is 10.1. The van der Waals surface area contributed by atoms with Gasteiger partial charge >= 0.3 is 6.18 Å². The van der Waals surface area contributed by atoms with Gasteiger partial charge in [-0.25, -0.2) is 17.5 Å². The van der Waals surface area contributed by atoms with Gasteiger partial charge in [-0.15, -0.1) is 0 Å². The zero-order valence-corrected chi connectivity index (χ0v) is 17.6. The van der Waals surface area contributed by atoms with Gasteiger partial charge in [0.25, 0.3) is 0 Å². The Hall–Kier alpha value is -2.66. The molecule has 0 saturated heterocycles. The number of ether oxygens (including phenoxy) is 1. The average molecular weight is 462 g/mol. The van der Waals surface area contributed by atoms with Crippen molar-refractivity contribution in [2.75, 3.05) is 6.54 Å². The van der Waals surface area contributed by atoms with Gasteiger partial charge in [0.05, 0.1) is 16.6 Å². The van der Waals surface area contributed by atoms with Gasteiger partial charge in [0.2, 0.25) is 15.9 Å². The topological polar surface area (TPSA) is 84.5 Å². The van der Waals surface area contributed by atoms with Gasteiger partial charge in [0.15, 0.2) is 0 Å². The largest absolute Gasteiger partial charge is 0.491 e. The molecule has 11 heteroatoms. The Kier molecular flexibility index (Phi) is 8.02. The first-order valence-corrected chi connectivity index (χ1v) is 10.8. The number of alkyl halides is 3. The molecule has 170 valence electrons. The third-order valence-electron chi connectivity index (χ3n) is 4.00. The predicted molar refractivity (Wildman–Crippen MR) is 105 cm³/mol. The molecule has 0 heterocycles. The van der Waals surface area contributed by atoms with Crippen molar-refractivity contribution in [2.24, 2.45) is 0 Å². The monoisotopic (exact) mass is 462 g/mol. The Bertz CT molecular complexity index is 1010. The van der Waals surface area contributed by atoms with Crippen molar-refractivity contribution in [3.8, 4) is 5.75 Å². The van der Waals surface area contributed by atoms with Crippen molar-refractivity contribution in [2.45, 2.75) is 44.0 Å². The number of halogens is 4. The molecular weight excluding hydrogens is 440 g/mol. The highest BCUT2D eigenvalue weighted by molar-refractivity contribution is 7.89. The van der Waals surface area contributed by atoms with E-state index in [1.54, 1.807) is 13.8 Å². The molecule has 2 aromatic carbocycles. The van der Waals surface area contributed by atoms with Crippen molar-refractivity contribution < 1.29 is 35.5 Å². The van der Waals surface area contributed by atoms with Gasteiger partial charge in [0.1, 0.15) is 11.6 Å². The number of carbonyl (C=O) groups excluding carboxylic acids is 1. The second-order valence-corrected chi connectivity index (χ2v) is 8.63. The van der Waals surface area contributed by atoms with Crippen LogP contribution in [-0.2, 0) is 27.5 Å². The molecule has 0 saturated carbocycles. The lowest BCUT2D eigenvalue weighted by Gasteiger charge is -2.17. The van der Waals surface area contributed by atoms with E-state index in [0.717, 1.165) is 30.3 Å². The highest BCUT2D eigenvalue weighted by atomic mass is 32.2. The minimum Gasteiger partial charge on any atom is -0.491 e. The third kappa shape index (κ3) is 7.51. The number of carbonyl (C=O) groups is 1. The van der Waals surface area contributed by atoms with Gasteiger partial charge in [0, 0.05) is 19.5 Å². The molecule has 1 amide bonds. The van der Waals surface area contributed by atoms with Crippen LogP contribution in [0.25, 0.3) is 0 Å². The Morgan fingerprint density at radius 2 is 1.74 bits per heavy atom. The second-order valence-electron chi connectivity index (χ2n) is 6.86. The minimum absolute atomic E-state index is 0.0626. The Balaban J connectivity index is 1.94. The number of rotatable bonds is 9. The highest BCUT2D eigenvalue weighted by Crippen LogP contribution is 2.34. The number of benzene rings is 2. The Labute approximate surface area is 177 Å². The van der Waals surface area contributed by atoms with Crippen LogP contribution in [0.1, 0.15) is 31.4 Å². The van der Waals surface area contributed by atoms with E-state index in [9.17, 15) is 30.8 Å². The van der Waals surface area contributed by atoms with Crippen LogP contribution in [-0.4, -0.2) is 27.0 Å². The third-order valence-corrected chi connectivity index (χ3v) is 5.48. The summed E-state index contributed by atoms with van der Waals surface area (Å²) in [4.78, 5) is 11.8. The molecule has 0 fully saturated rings. The van der Waals surface area contributed by atoms with Gasteiger partial charge in [-0.3, -0.25) is 4.79 Å². The average Bonchev–Trinajstić information content (AvgIpc) is 2.66. The molecular formula is C20H22F4N2O4S. The molecule has 0 atom stereocenters. The van der Waals surface area contributed by atoms with Gasteiger partial charge in [-0.2, -0.15) is 13.2 Å². The van der Waals surface area contributed by atoms with Crippen LogP contribution in [0, 0.1) is 5.82 Å². The van der Waals surface area contributed by atoms with Crippen LogP contribution in [0.4, 0.5) is 17.6 Å². The summed E-state index contributed by atoms with van der Waals surface area (Å²) in [7, 11) is -3.94. The molecule has 31 heavy (non-hydrogen) atoms. The fourth-order valence-corrected chi connectivity index (χ4v) is 3.63. The molecule has 0 aliphatic heterocycles. The number of sulfonamides is 1. The van der Waals surface area contributed by atoms with Crippen LogP contribution in [0.2, 0.25) is 0 Å². The van der Waals surface area contributed by atoms with Gasteiger partial charge in [-0.1, -0.05) is 6.07 Å². The molecule has 0 bridgehead atoms. The Morgan fingerprint density at radius 3 is 2.32 bits per heavy atom. The van der Waals surface area contributed by atoms with Crippen LogP contribution in [0.15, 0.2) is 47.4 Å². The second kappa shape index (κ2) is 10.1. The standard InChI is InChI=1S/C20H22F4N2O4S/c1-13(2)30-16-6-3-14(18(11-16)20(22,23)24)12-25-19(27)9-10-26-31(28,29)17-7-4-15(21)5-8-17/h3-8,11,13,26H,9-10,12H2,1-2H3,(H,25,27). The van der Waals surface area contributed by atoms with Gasteiger partial charge in [-0.05, 0) is 55.8 Å². The first-order chi connectivity index (χ1) is 14.4. The van der Waals surface area contributed by atoms with Crippen molar-refractivity contribution in [1.29, 1.82) is 0 Å². The number of hydrogen-bond acceptors (Lipinski definition) is 4. The number of nitrogens with one attached hydrogen (secondary N) is 2. The van der Waals surface area contributed by atoms with Crippen molar-refractivity contribution in [3.05, 3.63) is 59.4 Å². The number of hydrogen-bond donors (Lipinski definition) is 2. The number of amides is 1. The van der Waals surface area contributed by atoms with E-state index in [-0.39, 0.29) is 41.8 Å². The van der Waals surface area contributed by atoms with E-state index in [1.165, 1.54) is 12.1 Å². The van der Waals surface area contributed by atoms with Crippen LogP contribution in [0.5, 0.6) is 5.75 Å². The van der Waals surface area contributed by atoms with Crippen molar-refractivity contribution >= 4 is 15.9 Å². The molecule has 0 radical (unpaired) electrons. The summed E-state index contributed by atoms with van der Waals surface area (Å²) in [6.45, 7) is 2.70. The maximum atomic E-state index is 13.3. The maximum Gasteiger partial charge on any atom is 0.416 e. The smallest absolute Gasteiger partial charge is 0.416 e. The fraction of sp³-hybridized carbons (Fsp3) is 0.350. The normalized spacial score (nSPS) is 12.1. The van der Waals surface area contributed by atoms with Crippen LogP contribution in [0.3, 0.4) is 0 Å². The van der Waals surface area contributed by atoms with E-state index in [0.29, 0.717) is 0 Å². The lowest BCUT2D eigenvalue weighted by Crippen LogP contribution is -2.31. The quantitative estimate of drug-likeness (QED) is 0.558. The van der Waals surface area contributed by atoms with E-state index in [4.69, 9.17) is 4.74 Å². The molecule has 2 aromatic rings. The molecule has 0 unspecified atom stereocenters. The summed E-state index contributed by atoms with van der Waals surface area (Å²) in [5.41, 5.74) is -1.08. The molecule has 0 spiro atoms. The summed E-state index contributed by atoms with van der Waals surface area (Å²) in [5.74, 6) is -1.18. The van der Waals surface area contributed by atoms with Crippen molar-refractivity contribution in [1.82, 2.24) is 10.0 Å². The first kappa shape index (κ1) is 24.6. The molecule has 6 nitrogen and oxygen atoms in total. The molecule has 2 rings (SSSR count). The lowest BCUT2D eigenvalue weighted by molar-refractivity contribution is -0.138. The first-order valence-electron chi connectivity index (χ1n) is 9.27. The van der Waals surface area contributed by atoms with Crippen LogP contribution >= 0.6 is 0 Å². The minimum atomic E-state index is -4.64. The predicted octanol–water partition coefficient (Wildman–Crippen LogP) is 3.62. The van der Waals surface area contributed by atoms with Gasteiger partial charge < -0.3 is 10.1 Å². The Morgan fingerprint density at radius 1 is 1.10 bits per heavy atom. The summed E-state index contributed by atoms with van der Waals surface area (Å²) < 4.78 is 84.5. The molecule has 2 N–H and O–H groups in total. The highest BCUT2D eigenvalue weighted by Gasteiger charge is 2.34. The summed E-state index contributed by atoms with van der Waals surface area (Å²) >= 11 is 0.